The fourth-order valence-electron chi connectivity index (χ4n) is 1.79. The summed E-state index contributed by atoms with van der Waals surface area (Å²) in [5, 5.41) is 0. The summed E-state index contributed by atoms with van der Waals surface area (Å²) < 4.78 is 5.32. The van der Waals surface area contributed by atoms with Gasteiger partial charge in [0.25, 0.3) is 0 Å². The Balaban J connectivity index is 2.41. The van der Waals surface area contributed by atoms with E-state index >= 15 is 0 Å². The SMILES string of the molecule is C=C(/C=C\C=C/C)[C@H](N)C(=O)OC1CCCC1. The number of hydrogen-bond acceptors (Lipinski definition) is 3. The van der Waals surface area contributed by atoms with Gasteiger partial charge in [0.1, 0.15) is 12.1 Å². The molecule has 2 N–H and O–H groups in total. The lowest BCUT2D eigenvalue weighted by molar-refractivity contribution is -0.149. The number of carbonyl (C=O) groups is 1. The number of carbonyl (C=O) groups excluding carboxylic acids is 1. The Morgan fingerprint density at radius 1 is 1.41 bits per heavy atom. The van der Waals surface area contributed by atoms with Gasteiger partial charge in [-0.1, -0.05) is 30.9 Å². The summed E-state index contributed by atoms with van der Waals surface area (Å²) in [5.41, 5.74) is 6.35. The van der Waals surface area contributed by atoms with Crippen molar-refractivity contribution in [1.29, 1.82) is 0 Å². The third kappa shape index (κ3) is 4.57. The second-order valence-corrected chi connectivity index (χ2v) is 4.28. The predicted molar refractivity (Wildman–Crippen MR) is 69.4 cm³/mol. The maximum Gasteiger partial charge on any atom is 0.327 e. The topological polar surface area (TPSA) is 52.3 Å². The molecule has 3 heteroatoms. The van der Waals surface area contributed by atoms with Gasteiger partial charge in [0.05, 0.1) is 0 Å². The first-order valence-corrected chi connectivity index (χ1v) is 6.09. The minimum Gasteiger partial charge on any atom is -0.461 e. The van der Waals surface area contributed by atoms with Crippen molar-refractivity contribution in [1.82, 2.24) is 0 Å². The molecule has 1 atom stereocenters. The number of esters is 1. The van der Waals surface area contributed by atoms with Crippen molar-refractivity contribution in [3.8, 4) is 0 Å². The van der Waals surface area contributed by atoms with E-state index in [1.807, 2.05) is 25.2 Å². The molecule has 0 aromatic rings. The largest absolute Gasteiger partial charge is 0.461 e. The summed E-state index contributed by atoms with van der Waals surface area (Å²) in [6, 6.07) is -0.753. The number of rotatable bonds is 5. The summed E-state index contributed by atoms with van der Waals surface area (Å²) in [4.78, 5) is 11.7. The Labute approximate surface area is 103 Å². The van der Waals surface area contributed by atoms with Gasteiger partial charge in [0, 0.05) is 0 Å². The van der Waals surface area contributed by atoms with E-state index in [1.54, 1.807) is 6.08 Å². The van der Waals surface area contributed by atoms with Crippen molar-refractivity contribution in [3.05, 3.63) is 36.5 Å². The molecule has 0 saturated heterocycles. The summed E-state index contributed by atoms with van der Waals surface area (Å²) in [6.07, 6.45) is 11.5. The number of allylic oxidation sites excluding steroid dienone is 3. The van der Waals surface area contributed by atoms with E-state index in [0.29, 0.717) is 5.57 Å². The monoisotopic (exact) mass is 235 g/mol. The van der Waals surface area contributed by atoms with Crippen LogP contribution in [0.3, 0.4) is 0 Å². The average Bonchev–Trinajstić information content (AvgIpc) is 2.81. The van der Waals surface area contributed by atoms with E-state index in [9.17, 15) is 4.79 Å². The van der Waals surface area contributed by atoms with Crippen LogP contribution in [0.15, 0.2) is 36.5 Å². The number of nitrogens with two attached hydrogens (primary N) is 1. The van der Waals surface area contributed by atoms with Gasteiger partial charge in [0.2, 0.25) is 0 Å². The highest BCUT2D eigenvalue weighted by molar-refractivity contribution is 5.80. The molecule has 1 rings (SSSR count). The van der Waals surface area contributed by atoms with Crippen molar-refractivity contribution < 1.29 is 9.53 Å². The molecule has 0 aliphatic heterocycles. The first-order valence-electron chi connectivity index (χ1n) is 6.09. The molecule has 1 aliphatic rings. The van der Waals surface area contributed by atoms with E-state index in [1.165, 1.54) is 0 Å². The quantitative estimate of drug-likeness (QED) is 0.588. The van der Waals surface area contributed by atoms with Crippen molar-refractivity contribution in [2.45, 2.75) is 44.8 Å². The minimum absolute atomic E-state index is 0.0564. The molecular weight excluding hydrogens is 214 g/mol. The van der Waals surface area contributed by atoms with E-state index in [-0.39, 0.29) is 12.1 Å². The molecule has 0 aromatic heterocycles. The standard InChI is InChI=1S/C14H21NO2/c1-3-4-5-8-11(2)13(15)14(16)17-12-9-6-7-10-12/h3-5,8,12-13H,2,6-7,9-10,15H2,1H3/b4-3-,8-5-/t13-/m0/s1. The van der Waals surface area contributed by atoms with E-state index < -0.39 is 6.04 Å². The molecule has 3 nitrogen and oxygen atoms in total. The van der Waals surface area contributed by atoms with Crippen LogP contribution < -0.4 is 5.73 Å². The zero-order valence-electron chi connectivity index (χ0n) is 10.4. The van der Waals surface area contributed by atoms with E-state index in [4.69, 9.17) is 10.5 Å². The second kappa shape index (κ2) is 7.07. The van der Waals surface area contributed by atoms with Gasteiger partial charge in [-0.05, 0) is 38.2 Å². The third-order valence-corrected chi connectivity index (χ3v) is 2.85. The van der Waals surface area contributed by atoms with Gasteiger partial charge < -0.3 is 10.5 Å². The molecular formula is C14H21NO2. The highest BCUT2D eigenvalue weighted by Crippen LogP contribution is 2.21. The van der Waals surface area contributed by atoms with E-state index in [0.717, 1.165) is 25.7 Å². The van der Waals surface area contributed by atoms with Crippen LogP contribution in [0.5, 0.6) is 0 Å². The molecule has 0 aromatic carbocycles. The summed E-state index contributed by atoms with van der Waals surface area (Å²) in [7, 11) is 0. The molecule has 0 radical (unpaired) electrons. The zero-order chi connectivity index (χ0) is 12.7. The molecule has 1 saturated carbocycles. The van der Waals surface area contributed by atoms with Crippen LogP contribution in [0.4, 0.5) is 0 Å². The van der Waals surface area contributed by atoms with Crippen molar-refractivity contribution in [3.63, 3.8) is 0 Å². The summed E-state index contributed by atoms with van der Waals surface area (Å²) in [6.45, 7) is 5.69. The fraction of sp³-hybridized carbons (Fsp3) is 0.500. The lowest BCUT2D eigenvalue weighted by Crippen LogP contribution is -2.35. The highest BCUT2D eigenvalue weighted by atomic mass is 16.5. The molecule has 0 heterocycles. The minimum atomic E-state index is -0.753. The van der Waals surface area contributed by atoms with Crippen LogP contribution in [0.25, 0.3) is 0 Å². The molecule has 0 unspecified atom stereocenters. The Morgan fingerprint density at radius 3 is 2.65 bits per heavy atom. The lowest BCUT2D eigenvalue weighted by Gasteiger charge is -2.15. The van der Waals surface area contributed by atoms with Crippen LogP contribution >= 0.6 is 0 Å². The van der Waals surface area contributed by atoms with Crippen molar-refractivity contribution in [2.24, 2.45) is 5.73 Å². The first-order chi connectivity index (χ1) is 8.15. The molecule has 0 amide bonds. The molecule has 0 bridgehead atoms. The first kappa shape index (κ1) is 13.7. The zero-order valence-corrected chi connectivity index (χ0v) is 10.4. The van der Waals surface area contributed by atoms with Crippen LogP contribution in [0.2, 0.25) is 0 Å². The highest BCUT2D eigenvalue weighted by Gasteiger charge is 2.23. The number of hydrogen-bond donors (Lipinski definition) is 1. The molecule has 0 spiro atoms. The summed E-state index contributed by atoms with van der Waals surface area (Å²) >= 11 is 0. The Bertz CT molecular complexity index is 325. The molecule has 17 heavy (non-hydrogen) atoms. The lowest BCUT2D eigenvalue weighted by atomic mass is 10.1. The fourth-order valence-corrected chi connectivity index (χ4v) is 1.79. The van der Waals surface area contributed by atoms with Crippen LogP contribution in [-0.2, 0) is 9.53 Å². The van der Waals surface area contributed by atoms with E-state index in [2.05, 4.69) is 6.58 Å². The summed E-state index contributed by atoms with van der Waals surface area (Å²) in [5.74, 6) is -0.368. The number of ether oxygens (including phenoxy) is 1. The van der Waals surface area contributed by atoms with Gasteiger partial charge in [0.15, 0.2) is 0 Å². The average molecular weight is 235 g/mol. The van der Waals surface area contributed by atoms with Crippen molar-refractivity contribution >= 4 is 5.97 Å². The Kier molecular flexibility index (Phi) is 5.70. The van der Waals surface area contributed by atoms with Gasteiger partial charge in [-0.15, -0.1) is 0 Å². The molecule has 1 aliphatic carbocycles. The molecule has 94 valence electrons. The smallest absolute Gasteiger partial charge is 0.327 e. The van der Waals surface area contributed by atoms with Crippen LogP contribution in [0, 0.1) is 0 Å². The van der Waals surface area contributed by atoms with Gasteiger partial charge in [-0.3, -0.25) is 0 Å². The van der Waals surface area contributed by atoms with Crippen LogP contribution in [0.1, 0.15) is 32.6 Å². The molecule has 1 fully saturated rings. The Morgan fingerprint density at radius 2 is 2.06 bits per heavy atom. The van der Waals surface area contributed by atoms with Crippen LogP contribution in [-0.4, -0.2) is 18.1 Å². The maximum absolute atomic E-state index is 11.7. The third-order valence-electron chi connectivity index (χ3n) is 2.85. The predicted octanol–water partition coefficient (Wildman–Crippen LogP) is 2.49. The Hall–Kier alpha value is -1.35. The van der Waals surface area contributed by atoms with Gasteiger partial charge in [-0.25, -0.2) is 4.79 Å². The van der Waals surface area contributed by atoms with Gasteiger partial charge in [-0.2, -0.15) is 0 Å². The van der Waals surface area contributed by atoms with Crippen molar-refractivity contribution in [2.75, 3.05) is 0 Å². The second-order valence-electron chi connectivity index (χ2n) is 4.28. The normalized spacial score (nSPS) is 18.9. The van der Waals surface area contributed by atoms with Gasteiger partial charge >= 0.3 is 5.97 Å². The maximum atomic E-state index is 11.7.